The van der Waals surface area contributed by atoms with E-state index >= 15 is 0 Å². The van der Waals surface area contributed by atoms with E-state index in [4.69, 9.17) is 4.42 Å². The molecule has 0 spiro atoms. The van der Waals surface area contributed by atoms with Crippen LogP contribution in [0.15, 0.2) is 28.7 Å². The Morgan fingerprint density at radius 1 is 1.33 bits per heavy atom. The summed E-state index contributed by atoms with van der Waals surface area (Å²) < 4.78 is 5.92. The highest BCUT2D eigenvalue weighted by Crippen LogP contribution is 2.38. The fourth-order valence-corrected chi connectivity index (χ4v) is 3.56. The van der Waals surface area contributed by atoms with Crippen LogP contribution >= 0.6 is 0 Å². The molecule has 3 rings (SSSR count). The van der Waals surface area contributed by atoms with Crippen molar-refractivity contribution in [3.63, 3.8) is 0 Å². The third-order valence-corrected chi connectivity index (χ3v) is 4.74. The summed E-state index contributed by atoms with van der Waals surface area (Å²) in [5.41, 5.74) is 1.70. The van der Waals surface area contributed by atoms with Gasteiger partial charge in [-0.3, -0.25) is 4.79 Å². The number of aryl methyl sites for hydroxylation is 1. The van der Waals surface area contributed by atoms with Gasteiger partial charge in [-0.1, -0.05) is 31.5 Å². The van der Waals surface area contributed by atoms with E-state index in [9.17, 15) is 4.79 Å². The average molecular weight is 285 g/mol. The van der Waals surface area contributed by atoms with E-state index in [0.717, 1.165) is 55.3 Å². The van der Waals surface area contributed by atoms with E-state index in [0.29, 0.717) is 5.76 Å². The number of carbonyl (C=O) groups is 1. The summed E-state index contributed by atoms with van der Waals surface area (Å²) in [4.78, 5) is 13.1. The first kappa shape index (κ1) is 14.3. The molecule has 0 amide bonds. The summed E-state index contributed by atoms with van der Waals surface area (Å²) in [6.07, 6.45) is 3.81. The Balaban J connectivity index is 1.99. The van der Waals surface area contributed by atoms with E-state index in [1.807, 2.05) is 31.2 Å². The highest BCUT2D eigenvalue weighted by Gasteiger charge is 2.40. The van der Waals surface area contributed by atoms with Gasteiger partial charge < -0.3 is 9.73 Å². The van der Waals surface area contributed by atoms with Crippen molar-refractivity contribution in [1.29, 1.82) is 0 Å². The molecule has 0 unspecified atom stereocenters. The van der Waals surface area contributed by atoms with Gasteiger partial charge >= 0.3 is 0 Å². The Hall–Kier alpha value is -1.61. The van der Waals surface area contributed by atoms with Crippen molar-refractivity contribution in [2.45, 2.75) is 39.5 Å². The summed E-state index contributed by atoms with van der Waals surface area (Å²) in [5, 5.41) is 4.38. The van der Waals surface area contributed by atoms with Crippen LogP contribution in [-0.2, 0) is 0 Å². The lowest BCUT2D eigenvalue weighted by Crippen LogP contribution is -2.42. The lowest BCUT2D eigenvalue weighted by Gasteiger charge is -2.35. The third-order valence-electron chi connectivity index (χ3n) is 4.74. The minimum absolute atomic E-state index is 0.196. The van der Waals surface area contributed by atoms with Crippen molar-refractivity contribution in [1.82, 2.24) is 5.32 Å². The lowest BCUT2D eigenvalue weighted by molar-refractivity contribution is 0.0675. The predicted molar refractivity (Wildman–Crippen MR) is 84.7 cm³/mol. The van der Waals surface area contributed by atoms with E-state index in [1.54, 1.807) is 0 Å². The molecule has 3 heteroatoms. The fourth-order valence-electron chi connectivity index (χ4n) is 3.56. The van der Waals surface area contributed by atoms with Crippen molar-refractivity contribution in [3.8, 4) is 0 Å². The Bertz CT molecular complexity index is 645. The molecule has 1 fully saturated rings. The molecule has 0 radical (unpaired) electrons. The van der Waals surface area contributed by atoms with Crippen molar-refractivity contribution >= 4 is 16.8 Å². The topological polar surface area (TPSA) is 42.2 Å². The van der Waals surface area contributed by atoms with E-state index in [-0.39, 0.29) is 11.2 Å². The van der Waals surface area contributed by atoms with Crippen molar-refractivity contribution in [2.24, 2.45) is 5.41 Å². The molecule has 21 heavy (non-hydrogen) atoms. The molecule has 0 bridgehead atoms. The molecule has 0 saturated carbocycles. The van der Waals surface area contributed by atoms with Gasteiger partial charge in [0.1, 0.15) is 5.58 Å². The minimum Gasteiger partial charge on any atom is -0.453 e. The molecule has 1 saturated heterocycles. The van der Waals surface area contributed by atoms with Gasteiger partial charge in [0.05, 0.1) is 0 Å². The number of para-hydroxylation sites is 1. The maximum absolute atomic E-state index is 13.1. The first-order chi connectivity index (χ1) is 10.2. The summed E-state index contributed by atoms with van der Waals surface area (Å²) in [6.45, 7) is 6.02. The number of hydrogen-bond acceptors (Lipinski definition) is 3. The first-order valence-electron chi connectivity index (χ1n) is 7.91. The number of rotatable bonds is 4. The predicted octanol–water partition coefficient (Wildman–Crippen LogP) is 4.09. The number of carbonyl (C=O) groups excluding carboxylic acids is 1. The molecule has 1 N–H and O–H groups in total. The number of piperidine rings is 1. The maximum atomic E-state index is 13.1. The zero-order chi connectivity index (χ0) is 14.9. The molecule has 1 aromatic heterocycles. The number of furan rings is 1. The van der Waals surface area contributed by atoms with E-state index < -0.39 is 0 Å². The first-order valence-corrected chi connectivity index (χ1v) is 7.91. The quantitative estimate of drug-likeness (QED) is 0.860. The van der Waals surface area contributed by atoms with Crippen molar-refractivity contribution < 1.29 is 9.21 Å². The Kier molecular flexibility index (Phi) is 3.85. The number of Topliss-reactive ketones (excluding diaryl/α,β-unsaturated/α-hetero) is 1. The average Bonchev–Trinajstić information content (AvgIpc) is 2.93. The maximum Gasteiger partial charge on any atom is 0.204 e. The highest BCUT2D eigenvalue weighted by molar-refractivity contribution is 6.01. The minimum atomic E-state index is -0.234. The number of fused-ring (bicyclic) bond motifs is 1. The molecule has 0 aliphatic carbocycles. The normalized spacial score (nSPS) is 18.0. The zero-order valence-corrected chi connectivity index (χ0v) is 12.9. The van der Waals surface area contributed by atoms with Crippen LogP contribution in [-0.4, -0.2) is 18.9 Å². The van der Waals surface area contributed by atoms with Gasteiger partial charge in [-0.2, -0.15) is 0 Å². The molecule has 3 nitrogen and oxygen atoms in total. The van der Waals surface area contributed by atoms with Crippen LogP contribution in [0.5, 0.6) is 0 Å². The Morgan fingerprint density at radius 3 is 2.76 bits per heavy atom. The third kappa shape index (κ3) is 2.51. The second-order valence-corrected chi connectivity index (χ2v) is 6.21. The number of ketones is 1. The SMILES string of the molecule is CCCC1(C(=O)c2cc3cccc(C)c3o2)CCNCC1. The standard InChI is InChI=1S/C18H23NO2/c1-3-7-18(8-10-19-11-9-18)17(20)15-12-14-6-4-5-13(2)16(14)21-15/h4-6,12,19H,3,7-11H2,1-2H3. The van der Waals surface area contributed by atoms with Crippen LogP contribution in [0.3, 0.4) is 0 Å². The molecule has 1 aromatic carbocycles. The molecule has 1 aliphatic heterocycles. The van der Waals surface area contributed by atoms with Gasteiger partial charge in [0.25, 0.3) is 0 Å². The van der Waals surface area contributed by atoms with Gasteiger partial charge in [-0.25, -0.2) is 0 Å². The summed E-state index contributed by atoms with van der Waals surface area (Å²) in [6, 6.07) is 7.96. The second-order valence-electron chi connectivity index (χ2n) is 6.21. The lowest BCUT2D eigenvalue weighted by atomic mass is 9.71. The van der Waals surface area contributed by atoms with E-state index in [2.05, 4.69) is 12.2 Å². The van der Waals surface area contributed by atoms with Crippen LogP contribution in [0.1, 0.15) is 48.7 Å². The number of nitrogens with one attached hydrogen (secondary N) is 1. The smallest absolute Gasteiger partial charge is 0.204 e. The summed E-state index contributed by atoms with van der Waals surface area (Å²) in [5.74, 6) is 0.733. The van der Waals surface area contributed by atoms with Gasteiger partial charge in [0.2, 0.25) is 5.78 Å². The van der Waals surface area contributed by atoms with Crippen LogP contribution in [0, 0.1) is 12.3 Å². The molecular weight excluding hydrogens is 262 g/mol. The van der Waals surface area contributed by atoms with E-state index in [1.165, 1.54) is 0 Å². The van der Waals surface area contributed by atoms with Gasteiger partial charge in [0.15, 0.2) is 5.76 Å². The summed E-state index contributed by atoms with van der Waals surface area (Å²) in [7, 11) is 0. The van der Waals surface area contributed by atoms with Crippen molar-refractivity contribution in [2.75, 3.05) is 13.1 Å². The Labute approximate surface area is 125 Å². The zero-order valence-electron chi connectivity index (χ0n) is 12.9. The summed E-state index contributed by atoms with van der Waals surface area (Å²) >= 11 is 0. The molecule has 1 aliphatic rings. The van der Waals surface area contributed by atoms with Crippen LogP contribution < -0.4 is 5.32 Å². The molecule has 2 aromatic rings. The molecule has 0 atom stereocenters. The van der Waals surface area contributed by atoms with Crippen molar-refractivity contribution in [3.05, 3.63) is 35.6 Å². The largest absolute Gasteiger partial charge is 0.453 e. The van der Waals surface area contributed by atoms with Gasteiger partial charge in [-0.15, -0.1) is 0 Å². The van der Waals surface area contributed by atoms with Crippen LogP contribution in [0.2, 0.25) is 0 Å². The number of hydrogen-bond donors (Lipinski definition) is 1. The van der Waals surface area contributed by atoms with Crippen LogP contribution in [0.25, 0.3) is 11.0 Å². The Morgan fingerprint density at radius 2 is 2.10 bits per heavy atom. The van der Waals surface area contributed by atoms with Gasteiger partial charge in [0, 0.05) is 10.8 Å². The fraction of sp³-hybridized carbons (Fsp3) is 0.500. The monoisotopic (exact) mass is 285 g/mol. The highest BCUT2D eigenvalue weighted by atomic mass is 16.3. The number of benzene rings is 1. The molecular formula is C18H23NO2. The van der Waals surface area contributed by atoms with Gasteiger partial charge in [-0.05, 0) is 50.9 Å². The van der Waals surface area contributed by atoms with Crippen LogP contribution in [0.4, 0.5) is 0 Å². The second kappa shape index (κ2) is 5.64. The molecule has 112 valence electrons. The molecule has 2 heterocycles.